The maximum absolute atomic E-state index is 12.8. The summed E-state index contributed by atoms with van der Waals surface area (Å²) in [6.45, 7) is 2.81. The highest BCUT2D eigenvalue weighted by atomic mass is 32.2. The Morgan fingerprint density at radius 2 is 2.00 bits per heavy atom. The van der Waals surface area contributed by atoms with E-state index in [1.165, 1.54) is 12.1 Å². The van der Waals surface area contributed by atoms with Crippen molar-refractivity contribution < 1.29 is 4.39 Å². The van der Waals surface area contributed by atoms with E-state index < -0.39 is 0 Å². The molecule has 0 bridgehead atoms. The summed E-state index contributed by atoms with van der Waals surface area (Å²) in [6.07, 6.45) is 2.81. The number of thioether (sulfide) groups is 1. The summed E-state index contributed by atoms with van der Waals surface area (Å²) in [4.78, 5) is 4.25. The minimum Gasteiger partial charge on any atom is -0.362 e. The second-order valence-electron chi connectivity index (χ2n) is 5.13. The van der Waals surface area contributed by atoms with E-state index in [1.807, 2.05) is 43.0 Å². The van der Waals surface area contributed by atoms with Crippen molar-refractivity contribution in [2.75, 3.05) is 17.6 Å². The van der Waals surface area contributed by atoms with Crippen LogP contribution in [0.1, 0.15) is 17.5 Å². The molecule has 0 atom stereocenters. The van der Waals surface area contributed by atoms with Crippen LogP contribution in [0, 0.1) is 12.7 Å². The molecule has 3 nitrogen and oxygen atoms in total. The average molecular weight is 350 g/mol. The van der Waals surface area contributed by atoms with Crippen LogP contribution in [-0.4, -0.2) is 22.4 Å². The van der Waals surface area contributed by atoms with Crippen LogP contribution in [0.3, 0.4) is 0 Å². The molecule has 0 saturated carbocycles. The zero-order valence-electron chi connectivity index (χ0n) is 13.0. The second kappa shape index (κ2) is 9.47. The van der Waals surface area contributed by atoms with Crippen LogP contribution in [0.25, 0.3) is 0 Å². The Hall–Kier alpha value is -1.66. The molecule has 0 radical (unpaired) electrons. The van der Waals surface area contributed by atoms with Crippen molar-refractivity contribution in [1.82, 2.24) is 10.3 Å². The van der Waals surface area contributed by atoms with Gasteiger partial charge in [-0.15, -0.1) is 0 Å². The lowest BCUT2D eigenvalue weighted by atomic mass is 10.2. The number of halogens is 1. The van der Waals surface area contributed by atoms with Gasteiger partial charge in [-0.3, -0.25) is 0 Å². The largest absolute Gasteiger partial charge is 0.362 e. The zero-order chi connectivity index (χ0) is 16.5. The Bertz CT molecular complexity index is 615. The first-order valence-electron chi connectivity index (χ1n) is 7.43. The van der Waals surface area contributed by atoms with Gasteiger partial charge in [0.25, 0.3) is 0 Å². The van der Waals surface area contributed by atoms with Crippen molar-refractivity contribution in [2.45, 2.75) is 19.1 Å². The van der Waals surface area contributed by atoms with E-state index >= 15 is 0 Å². The van der Waals surface area contributed by atoms with Crippen LogP contribution in [-0.2, 0) is 5.75 Å². The first-order chi connectivity index (χ1) is 11.1. The Labute approximate surface area is 146 Å². The number of hydrogen-bond donors (Lipinski definition) is 2. The number of thiocarbonyl (C=S) groups is 1. The Kier molecular flexibility index (Phi) is 7.29. The van der Waals surface area contributed by atoms with E-state index in [2.05, 4.69) is 15.6 Å². The van der Waals surface area contributed by atoms with Crippen molar-refractivity contribution in [3.8, 4) is 0 Å². The molecular formula is C17H20FN3S2. The number of nitrogens with one attached hydrogen (secondary N) is 2. The van der Waals surface area contributed by atoms with Gasteiger partial charge in [0.05, 0.1) is 0 Å². The van der Waals surface area contributed by atoms with Gasteiger partial charge in [-0.05, 0) is 60.6 Å². The molecule has 0 unspecified atom stereocenters. The number of benzene rings is 1. The summed E-state index contributed by atoms with van der Waals surface area (Å²) in [7, 11) is 0. The fourth-order valence-electron chi connectivity index (χ4n) is 1.85. The van der Waals surface area contributed by atoms with Crippen LogP contribution < -0.4 is 10.6 Å². The summed E-state index contributed by atoms with van der Waals surface area (Å²) in [5, 5.41) is 6.82. The fourth-order valence-corrected chi connectivity index (χ4v) is 2.98. The van der Waals surface area contributed by atoms with Gasteiger partial charge >= 0.3 is 0 Å². The van der Waals surface area contributed by atoms with Crippen molar-refractivity contribution in [1.29, 1.82) is 0 Å². The number of hydrogen-bond acceptors (Lipinski definition) is 3. The van der Waals surface area contributed by atoms with E-state index in [4.69, 9.17) is 12.2 Å². The van der Waals surface area contributed by atoms with Gasteiger partial charge in [0.15, 0.2) is 5.11 Å². The monoisotopic (exact) mass is 349 g/mol. The predicted molar refractivity (Wildman–Crippen MR) is 100 cm³/mol. The Morgan fingerprint density at radius 3 is 2.70 bits per heavy atom. The van der Waals surface area contributed by atoms with Crippen LogP contribution in [0.2, 0.25) is 0 Å². The number of rotatable bonds is 7. The lowest BCUT2D eigenvalue weighted by Crippen LogP contribution is -2.29. The summed E-state index contributed by atoms with van der Waals surface area (Å²) >= 11 is 7.06. The number of anilines is 1. The average Bonchev–Trinajstić information content (AvgIpc) is 2.54. The molecule has 0 spiro atoms. The van der Waals surface area contributed by atoms with Crippen molar-refractivity contribution in [2.24, 2.45) is 0 Å². The van der Waals surface area contributed by atoms with E-state index in [0.29, 0.717) is 5.11 Å². The molecule has 0 aliphatic carbocycles. The van der Waals surface area contributed by atoms with Gasteiger partial charge in [-0.2, -0.15) is 11.8 Å². The first kappa shape index (κ1) is 17.7. The molecule has 0 amide bonds. The third kappa shape index (κ3) is 6.97. The quantitative estimate of drug-likeness (QED) is 0.580. The van der Waals surface area contributed by atoms with Gasteiger partial charge in [-0.25, -0.2) is 9.37 Å². The summed E-state index contributed by atoms with van der Waals surface area (Å²) in [5.41, 5.74) is 2.26. The standard InChI is InChI=1S/C17H20FN3S2/c1-13-3-8-16(20-11-13)21-17(22)19-9-2-10-23-12-14-4-6-15(18)7-5-14/h3-8,11H,2,9-10,12H2,1H3,(H2,19,20,21,22). The normalized spacial score (nSPS) is 10.3. The number of aryl methyl sites for hydroxylation is 1. The molecule has 1 heterocycles. The van der Waals surface area contributed by atoms with Gasteiger partial charge in [0, 0.05) is 18.5 Å². The van der Waals surface area contributed by atoms with Crippen LogP contribution in [0.4, 0.5) is 10.2 Å². The topological polar surface area (TPSA) is 37.0 Å². The van der Waals surface area contributed by atoms with Gasteiger partial charge in [0.2, 0.25) is 0 Å². The lowest BCUT2D eigenvalue weighted by Gasteiger charge is -2.09. The molecule has 6 heteroatoms. The minimum absolute atomic E-state index is 0.188. The lowest BCUT2D eigenvalue weighted by molar-refractivity contribution is 0.627. The van der Waals surface area contributed by atoms with E-state index in [0.717, 1.165) is 41.4 Å². The summed E-state index contributed by atoms with van der Waals surface area (Å²) in [5.74, 6) is 2.48. The molecule has 0 fully saturated rings. The van der Waals surface area contributed by atoms with Crippen molar-refractivity contribution in [3.63, 3.8) is 0 Å². The zero-order valence-corrected chi connectivity index (χ0v) is 14.6. The number of pyridine rings is 1. The number of aromatic nitrogens is 1. The minimum atomic E-state index is -0.188. The molecule has 23 heavy (non-hydrogen) atoms. The molecule has 122 valence electrons. The van der Waals surface area contributed by atoms with Gasteiger partial charge in [0.1, 0.15) is 11.6 Å². The highest BCUT2D eigenvalue weighted by molar-refractivity contribution is 7.98. The van der Waals surface area contributed by atoms with Gasteiger partial charge in [-0.1, -0.05) is 18.2 Å². The van der Waals surface area contributed by atoms with E-state index in [1.54, 1.807) is 6.20 Å². The van der Waals surface area contributed by atoms with Crippen molar-refractivity contribution >= 4 is 34.9 Å². The Balaban J connectivity index is 1.55. The van der Waals surface area contributed by atoms with Gasteiger partial charge < -0.3 is 10.6 Å². The third-order valence-electron chi connectivity index (χ3n) is 3.09. The van der Waals surface area contributed by atoms with Crippen LogP contribution in [0.15, 0.2) is 42.6 Å². The second-order valence-corrected chi connectivity index (χ2v) is 6.65. The van der Waals surface area contributed by atoms with E-state index in [-0.39, 0.29) is 5.82 Å². The Morgan fingerprint density at radius 1 is 1.22 bits per heavy atom. The molecule has 2 rings (SSSR count). The molecule has 2 aromatic rings. The number of nitrogens with zero attached hydrogens (tertiary/aromatic N) is 1. The first-order valence-corrected chi connectivity index (χ1v) is 8.99. The molecule has 0 saturated heterocycles. The van der Waals surface area contributed by atoms with Crippen molar-refractivity contribution in [3.05, 3.63) is 59.5 Å². The molecule has 0 aliphatic rings. The van der Waals surface area contributed by atoms with Crippen LogP contribution >= 0.6 is 24.0 Å². The molecular weight excluding hydrogens is 329 g/mol. The third-order valence-corrected chi connectivity index (χ3v) is 4.45. The smallest absolute Gasteiger partial charge is 0.171 e. The predicted octanol–water partition coefficient (Wildman–Crippen LogP) is 4.14. The maximum atomic E-state index is 12.8. The highest BCUT2D eigenvalue weighted by Gasteiger charge is 1.99. The SMILES string of the molecule is Cc1ccc(NC(=S)NCCCSCc2ccc(F)cc2)nc1. The molecule has 2 N–H and O–H groups in total. The summed E-state index contributed by atoms with van der Waals surface area (Å²) < 4.78 is 12.8. The molecule has 0 aliphatic heterocycles. The molecule has 1 aromatic carbocycles. The summed E-state index contributed by atoms with van der Waals surface area (Å²) in [6, 6.07) is 10.6. The maximum Gasteiger partial charge on any atom is 0.171 e. The highest BCUT2D eigenvalue weighted by Crippen LogP contribution is 2.13. The fraction of sp³-hybridized carbons (Fsp3) is 0.294. The van der Waals surface area contributed by atoms with Crippen LogP contribution in [0.5, 0.6) is 0 Å². The van der Waals surface area contributed by atoms with E-state index in [9.17, 15) is 4.39 Å². The molecule has 1 aromatic heterocycles.